The number of hydrogen-bond acceptors (Lipinski definition) is 4. The summed E-state index contributed by atoms with van der Waals surface area (Å²) in [6.07, 6.45) is 6.86. The Bertz CT molecular complexity index is 700. The maximum Gasteiger partial charge on any atom is 0.222 e. The maximum atomic E-state index is 12.1. The van der Waals surface area contributed by atoms with E-state index >= 15 is 0 Å². The number of aryl methyl sites for hydroxylation is 1. The van der Waals surface area contributed by atoms with Gasteiger partial charge in [0.25, 0.3) is 0 Å². The van der Waals surface area contributed by atoms with Crippen molar-refractivity contribution in [3.8, 4) is 11.5 Å². The van der Waals surface area contributed by atoms with Crippen molar-refractivity contribution in [1.29, 1.82) is 0 Å². The van der Waals surface area contributed by atoms with Gasteiger partial charge in [0.2, 0.25) is 5.91 Å². The molecule has 0 bridgehead atoms. The molecule has 1 saturated heterocycles. The number of halogens is 1. The van der Waals surface area contributed by atoms with Crippen molar-refractivity contribution in [1.82, 2.24) is 15.5 Å². The highest BCUT2D eigenvalue weighted by atomic mass is 127. The number of rotatable bonds is 12. The van der Waals surface area contributed by atoms with Crippen LogP contribution in [0.15, 0.2) is 23.2 Å². The number of guanidine groups is 1. The van der Waals surface area contributed by atoms with Gasteiger partial charge in [0.15, 0.2) is 17.5 Å². The first-order valence-corrected chi connectivity index (χ1v) is 11.8. The van der Waals surface area contributed by atoms with Gasteiger partial charge in [-0.3, -0.25) is 9.79 Å². The molecule has 0 saturated carbocycles. The van der Waals surface area contributed by atoms with E-state index in [1.54, 1.807) is 7.11 Å². The summed E-state index contributed by atoms with van der Waals surface area (Å²) in [4.78, 5) is 18.8. The van der Waals surface area contributed by atoms with Gasteiger partial charge in [-0.2, -0.15) is 0 Å². The number of amides is 1. The Kier molecular flexibility index (Phi) is 14.9. The molecule has 0 radical (unpaired) electrons. The fraction of sp³-hybridized carbons (Fsp3) is 0.667. The summed E-state index contributed by atoms with van der Waals surface area (Å²) in [5.41, 5.74) is 1.23. The number of nitrogens with one attached hydrogen (secondary N) is 2. The summed E-state index contributed by atoms with van der Waals surface area (Å²) in [6, 6.07) is 6.12. The van der Waals surface area contributed by atoms with Crippen LogP contribution in [0.25, 0.3) is 0 Å². The number of ether oxygens (including phenoxy) is 2. The summed E-state index contributed by atoms with van der Waals surface area (Å²) < 4.78 is 11.0. The molecule has 182 valence electrons. The number of nitrogens with zero attached hydrogens (tertiary/aromatic N) is 2. The van der Waals surface area contributed by atoms with Crippen molar-refractivity contribution in [2.75, 3.05) is 46.4 Å². The van der Waals surface area contributed by atoms with E-state index in [4.69, 9.17) is 9.47 Å². The van der Waals surface area contributed by atoms with Crippen molar-refractivity contribution >= 4 is 35.8 Å². The third-order valence-electron chi connectivity index (χ3n) is 5.33. The average Bonchev–Trinajstić information content (AvgIpc) is 2.98. The van der Waals surface area contributed by atoms with E-state index < -0.39 is 0 Å². The predicted octanol–water partition coefficient (Wildman–Crippen LogP) is 3.99. The fourth-order valence-corrected chi connectivity index (χ4v) is 3.71. The Morgan fingerprint density at radius 1 is 1.12 bits per heavy atom. The van der Waals surface area contributed by atoms with Crippen LogP contribution in [-0.2, 0) is 11.2 Å². The van der Waals surface area contributed by atoms with Gasteiger partial charge >= 0.3 is 0 Å². The Balaban J connectivity index is 0.00000512. The minimum Gasteiger partial charge on any atom is -0.493 e. The number of methoxy groups -OCH3 is 1. The lowest BCUT2D eigenvalue weighted by Gasteiger charge is -2.20. The Morgan fingerprint density at radius 3 is 2.72 bits per heavy atom. The third kappa shape index (κ3) is 10.3. The Morgan fingerprint density at radius 2 is 1.97 bits per heavy atom. The standard InChI is InChI=1S/C24H40N4O3.HI/c1-4-25-24(27-16-10-18-28-17-8-6-7-12-23(28)29)26-15-9-11-20-13-14-21(30-3)22(19-20)31-5-2;/h13-14,19H,4-12,15-18H2,1-3H3,(H2,25,26,27);1H. The second-order valence-corrected chi connectivity index (χ2v) is 7.75. The van der Waals surface area contributed by atoms with E-state index in [1.807, 2.05) is 17.9 Å². The topological polar surface area (TPSA) is 75.2 Å². The molecule has 2 N–H and O–H groups in total. The van der Waals surface area contributed by atoms with Gasteiger partial charge in [-0.05, 0) is 63.6 Å². The number of benzene rings is 1. The average molecular weight is 561 g/mol. The number of aliphatic imine (C=N–C) groups is 1. The molecular weight excluding hydrogens is 519 g/mol. The highest BCUT2D eigenvalue weighted by Crippen LogP contribution is 2.28. The highest BCUT2D eigenvalue weighted by Gasteiger charge is 2.15. The summed E-state index contributed by atoms with van der Waals surface area (Å²) >= 11 is 0. The quantitative estimate of drug-likeness (QED) is 0.175. The molecule has 2 rings (SSSR count). The summed E-state index contributed by atoms with van der Waals surface area (Å²) in [5, 5.41) is 6.71. The monoisotopic (exact) mass is 560 g/mol. The lowest BCUT2D eigenvalue weighted by Crippen LogP contribution is -2.38. The molecule has 1 fully saturated rings. The van der Waals surface area contributed by atoms with Crippen LogP contribution < -0.4 is 20.1 Å². The molecule has 32 heavy (non-hydrogen) atoms. The molecule has 0 unspecified atom stereocenters. The van der Waals surface area contributed by atoms with Gasteiger partial charge in [0.1, 0.15) is 0 Å². The first-order chi connectivity index (χ1) is 15.2. The van der Waals surface area contributed by atoms with Gasteiger partial charge < -0.3 is 25.0 Å². The molecule has 1 amide bonds. The molecule has 0 aromatic heterocycles. The van der Waals surface area contributed by atoms with Crippen molar-refractivity contribution in [2.24, 2.45) is 4.99 Å². The molecule has 0 spiro atoms. The second kappa shape index (κ2) is 16.9. The summed E-state index contributed by atoms with van der Waals surface area (Å²) in [6.45, 7) is 8.76. The molecule has 7 nitrogen and oxygen atoms in total. The lowest BCUT2D eigenvalue weighted by molar-refractivity contribution is -0.130. The van der Waals surface area contributed by atoms with Crippen LogP contribution >= 0.6 is 24.0 Å². The molecule has 1 heterocycles. The molecular formula is C24H41IN4O3. The van der Waals surface area contributed by atoms with Crippen molar-refractivity contribution in [3.63, 3.8) is 0 Å². The normalized spacial score (nSPS) is 14.4. The van der Waals surface area contributed by atoms with Crippen LogP contribution in [0.5, 0.6) is 11.5 Å². The zero-order valence-corrected chi connectivity index (χ0v) is 22.3. The molecule has 0 aliphatic carbocycles. The van der Waals surface area contributed by atoms with Crippen LogP contribution in [0.3, 0.4) is 0 Å². The molecule has 1 aliphatic heterocycles. The van der Waals surface area contributed by atoms with E-state index in [0.717, 1.165) is 82.3 Å². The molecule has 1 aliphatic rings. The lowest BCUT2D eigenvalue weighted by atomic mass is 10.1. The van der Waals surface area contributed by atoms with Crippen LogP contribution in [0, 0.1) is 0 Å². The van der Waals surface area contributed by atoms with E-state index in [0.29, 0.717) is 18.9 Å². The summed E-state index contributed by atoms with van der Waals surface area (Å²) in [5.74, 6) is 2.72. The molecule has 0 atom stereocenters. The van der Waals surface area contributed by atoms with Gasteiger partial charge in [0.05, 0.1) is 13.7 Å². The van der Waals surface area contributed by atoms with E-state index in [-0.39, 0.29) is 24.0 Å². The summed E-state index contributed by atoms with van der Waals surface area (Å²) in [7, 11) is 1.66. The smallest absolute Gasteiger partial charge is 0.222 e. The van der Waals surface area contributed by atoms with Crippen LogP contribution in [-0.4, -0.2) is 63.2 Å². The Labute approximate surface area is 210 Å². The fourth-order valence-electron chi connectivity index (χ4n) is 3.71. The van der Waals surface area contributed by atoms with Gasteiger partial charge in [0, 0.05) is 39.1 Å². The number of carbonyl (C=O) groups excluding carboxylic acids is 1. The number of hydrogen-bond donors (Lipinski definition) is 2. The predicted molar refractivity (Wildman–Crippen MR) is 142 cm³/mol. The van der Waals surface area contributed by atoms with E-state index in [1.165, 1.54) is 12.0 Å². The van der Waals surface area contributed by atoms with Gasteiger partial charge in [-0.1, -0.05) is 12.5 Å². The van der Waals surface area contributed by atoms with Gasteiger partial charge in [-0.15, -0.1) is 24.0 Å². The van der Waals surface area contributed by atoms with Crippen LogP contribution in [0.2, 0.25) is 0 Å². The van der Waals surface area contributed by atoms with Crippen molar-refractivity contribution < 1.29 is 14.3 Å². The minimum absolute atomic E-state index is 0. The van der Waals surface area contributed by atoms with E-state index in [9.17, 15) is 4.79 Å². The Hall–Kier alpha value is -1.71. The first kappa shape index (κ1) is 28.3. The molecule has 8 heteroatoms. The number of carbonyl (C=O) groups is 1. The zero-order chi connectivity index (χ0) is 22.3. The minimum atomic E-state index is 0. The van der Waals surface area contributed by atoms with Crippen molar-refractivity contribution in [3.05, 3.63) is 23.8 Å². The van der Waals surface area contributed by atoms with Crippen molar-refractivity contribution in [2.45, 2.75) is 58.8 Å². The largest absolute Gasteiger partial charge is 0.493 e. The SMILES string of the molecule is CCNC(=NCCCN1CCCCCC1=O)NCCCc1ccc(OC)c(OCC)c1.I. The first-order valence-electron chi connectivity index (χ1n) is 11.8. The zero-order valence-electron chi connectivity index (χ0n) is 20.0. The van der Waals surface area contributed by atoms with Crippen LogP contribution in [0.1, 0.15) is 57.9 Å². The van der Waals surface area contributed by atoms with Gasteiger partial charge in [-0.25, -0.2) is 0 Å². The molecule has 1 aromatic rings. The highest BCUT2D eigenvalue weighted by molar-refractivity contribution is 14.0. The van der Waals surface area contributed by atoms with Crippen LogP contribution in [0.4, 0.5) is 0 Å². The van der Waals surface area contributed by atoms with E-state index in [2.05, 4.69) is 34.7 Å². The second-order valence-electron chi connectivity index (χ2n) is 7.75. The molecule has 1 aromatic carbocycles. The number of likely N-dealkylation sites (tertiary alicyclic amines) is 1. The third-order valence-corrected chi connectivity index (χ3v) is 5.33. The maximum absolute atomic E-state index is 12.1.